The summed E-state index contributed by atoms with van der Waals surface area (Å²) in [5, 5.41) is 5.82. The highest BCUT2D eigenvalue weighted by Crippen LogP contribution is 2.47. The molecule has 104 valence electrons. The van der Waals surface area contributed by atoms with E-state index < -0.39 is 0 Å². The molecule has 0 radical (unpaired) electrons. The number of aryl methyl sites for hydroxylation is 1. The molecular formula is C15H15FN2OS. The minimum atomic E-state index is -0.241. The van der Waals surface area contributed by atoms with Crippen molar-refractivity contribution in [2.45, 2.75) is 25.8 Å². The summed E-state index contributed by atoms with van der Waals surface area (Å²) in [4.78, 5) is 16.3. The Kier molecular flexibility index (Phi) is 3.53. The van der Waals surface area contributed by atoms with Crippen molar-refractivity contribution in [1.82, 2.24) is 10.3 Å². The van der Waals surface area contributed by atoms with Gasteiger partial charge in [0, 0.05) is 17.0 Å². The number of hydrogen-bond acceptors (Lipinski definition) is 3. The van der Waals surface area contributed by atoms with Crippen LogP contribution in [0.5, 0.6) is 0 Å². The molecule has 1 aliphatic carbocycles. The van der Waals surface area contributed by atoms with Crippen LogP contribution in [0.1, 0.15) is 28.6 Å². The maximum atomic E-state index is 12.9. The van der Waals surface area contributed by atoms with Crippen LogP contribution < -0.4 is 5.32 Å². The quantitative estimate of drug-likeness (QED) is 0.940. The normalized spacial score (nSPS) is 20.7. The van der Waals surface area contributed by atoms with Crippen LogP contribution in [0.3, 0.4) is 0 Å². The van der Waals surface area contributed by atoms with E-state index in [9.17, 15) is 9.18 Å². The van der Waals surface area contributed by atoms with E-state index >= 15 is 0 Å². The summed E-state index contributed by atoms with van der Waals surface area (Å²) in [7, 11) is 0. The Morgan fingerprint density at radius 3 is 2.85 bits per heavy atom. The lowest BCUT2D eigenvalue weighted by molar-refractivity contribution is -0.122. The maximum Gasteiger partial charge on any atom is 0.224 e. The van der Waals surface area contributed by atoms with Gasteiger partial charge in [-0.05, 0) is 37.0 Å². The minimum Gasteiger partial charge on any atom is -0.349 e. The summed E-state index contributed by atoms with van der Waals surface area (Å²) in [6, 6.07) is 6.41. The molecular weight excluding hydrogens is 275 g/mol. The first-order chi connectivity index (χ1) is 9.63. The highest BCUT2D eigenvalue weighted by Gasteiger charge is 2.43. The first-order valence-corrected chi connectivity index (χ1v) is 7.45. The number of carbonyl (C=O) groups excluding carboxylic acids is 1. The number of thiazole rings is 1. The molecule has 0 aliphatic heterocycles. The highest BCUT2D eigenvalue weighted by atomic mass is 32.1. The Hall–Kier alpha value is -1.75. The van der Waals surface area contributed by atoms with Crippen LogP contribution in [-0.2, 0) is 11.3 Å². The van der Waals surface area contributed by atoms with Crippen LogP contribution in [0.25, 0.3) is 0 Å². The smallest absolute Gasteiger partial charge is 0.224 e. The van der Waals surface area contributed by atoms with Gasteiger partial charge in [0.2, 0.25) is 5.91 Å². The van der Waals surface area contributed by atoms with E-state index in [1.54, 1.807) is 23.5 Å². The number of carbonyl (C=O) groups is 1. The molecule has 1 aromatic carbocycles. The second-order valence-corrected chi connectivity index (χ2v) is 6.04. The zero-order chi connectivity index (χ0) is 14.1. The Balaban J connectivity index is 1.53. The Labute approximate surface area is 120 Å². The van der Waals surface area contributed by atoms with Gasteiger partial charge in [-0.25, -0.2) is 9.37 Å². The third-order valence-corrected chi connectivity index (χ3v) is 4.47. The molecule has 20 heavy (non-hydrogen) atoms. The topological polar surface area (TPSA) is 42.0 Å². The lowest BCUT2D eigenvalue weighted by Gasteiger charge is -2.03. The Bertz CT molecular complexity index is 623. The van der Waals surface area contributed by atoms with Crippen LogP contribution >= 0.6 is 11.3 Å². The van der Waals surface area contributed by atoms with Gasteiger partial charge in [0.1, 0.15) is 10.8 Å². The van der Waals surface area contributed by atoms with Crippen LogP contribution in [-0.4, -0.2) is 10.9 Å². The third kappa shape index (κ3) is 2.88. The van der Waals surface area contributed by atoms with E-state index in [0.29, 0.717) is 6.54 Å². The van der Waals surface area contributed by atoms with Gasteiger partial charge in [-0.1, -0.05) is 12.1 Å². The van der Waals surface area contributed by atoms with E-state index in [0.717, 1.165) is 22.7 Å². The van der Waals surface area contributed by atoms with Crippen molar-refractivity contribution in [3.63, 3.8) is 0 Å². The van der Waals surface area contributed by atoms with Crippen molar-refractivity contribution >= 4 is 17.2 Å². The monoisotopic (exact) mass is 290 g/mol. The molecule has 2 atom stereocenters. The summed E-state index contributed by atoms with van der Waals surface area (Å²) in [6.07, 6.45) is 0.842. The van der Waals surface area contributed by atoms with Crippen molar-refractivity contribution in [2.24, 2.45) is 5.92 Å². The molecule has 0 spiro atoms. The zero-order valence-corrected chi connectivity index (χ0v) is 11.9. The highest BCUT2D eigenvalue weighted by molar-refractivity contribution is 7.09. The molecule has 1 amide bonds. The van der Waals surface area contributed by atoms with Crippen LogP contribution in [0.4, 0.5) is 4.39 Å². The molecule has 1 saturated carbocycles. The molecule has 1 N–H and O–H groups in total. The van der Waals surface area contributed by atoms with Crippen molar-refractivity contribution in [1.29, 1.82) is 0 Å². The number of hydrogen-bond donors (Lipinski definition) is 1. The van der Waals surface area contributed by atoms with Crippen LogP contribution in [0.15, 0.2) is 29.6 Å². The first kappa shape index (κ1) is 13.2. The van der Waals surface area contributed by atoms with Gasteiger partial charge in [-0.2, -0.15) is 0 Å². The Morgan fingerprint density at radius 2 is 2.20 bits per heavy atom. The van der Waals surface area contributed by atoms with Gasteiger partial charge < -0.3 is 5.32 Å². The van der Waals surface area contributed by atoms with E-state index in [4.69, 9.17) is 0 Å². The molecule has 0 saturated heterocycles. The number of nitrogens with zero attached hydrogens (tertiary/aromatic N) is 1. The van der Waals surface area contributed by atoms with Crippen LogP contribution in [0.2, 0.25) is 0 Å². The molecule has 1 heterocycles. The molecule has 1 fully saturated rings. The number of benzene rings is 1. The fourth-order valence-corrected chi connectivity index (χ4v) is 3.05. The van der Waals surface area contributed by atoms with E-state index in [-0.39, 0.29) is 23.6 Å². The standard InChI is InChI=1S/C15H15FN2OS/c1-9-8-20-14(18-9)7-17-15(19)13-6-12(13)10-2-4-11(16)5-3-10/h2-5,8,12-13H,6-7H2,1H3,(H,17,19). The number of nitrogens with one attached hydrogen (secondary N) is 1. The number of aromatic nitrogens is 1. The Morgan fingerprint density at radius 1 is 1.45 bits per heavy atom. The predicted molar refractivity (Wildman–Crippen MR) is 75.9 cm³/mol. The number of halogens is 1. The zero-order valence-electron chi connectivity index (χ0n) is 11.1. The fraction of sp³-hybridized carbons (Fsp3) is 0.333. The average molecular weight is 290 g/mol. The van der Waals surface area contributed by atoms with Gasteiger partial charge in [-0.15, -0.1) is 11.3 Å². The maximum absolute atomic E-state index is 12.9. The largest absolute Gasteiger partial charge is 0.349 e. The van der Waals surface area contributed by atoms with Crippen LogP contribution in [0, 0.1) is 18.7 Å². The molecule has 3 rings (SSSR count). The van der Waals surface area contributed by atoms with Gasteiger partial charge in [-0.3, -0.25) is 4.79 Å². The van der Waals surface area contributed by atoms with Crippen molar-refractivity contribution in [3.05, 3.63) is 51.7 Å². The predicted octanol–water partition coefficient (Wildman–Crippen LogP) is 3.01. The fourth-order valence-electron chi connectivity index (χ4n) is 2.34. The van der Waals surface area contributed by atoms with Gasteiger partial charge >= 0.3 is 0 Å². The first-order valence-electron chi connectivity index (χ1n) is 6.57. The third-order valence-electron chi connectivity index (χ3n) is 3.51. The minimum absolute atomic E-state index is 0.0153. The number of amides is 1. The summed E-state index contributed by atoms with van der Waals surface area (Å²) >= 11 is 1.55. The van der Waals surface area contributed by atoms with Crippen molar-refractivity contribution < 1.29 is 9.18 Å². The lowest BCUT2D eigenvalue weighted by Crippen LogP contribution is -2.24. The summed E-state index contributed by atoms with van der Waals surface area (Å²) in [6.45, 7) is 2.43. The summed E-state index contributed by atoms with van der Waals surface area (Å²) < 4.78 is 12.9. The number of rotatable bonds is 4. The molecule has 3 nitrogen and oxygen atoms in total. The SMILES string of the molecule is Cc1csc(CNC(=O)C2CC2c2ccc(F)cc2)n1. The van der Waals surface area contributed by atoms with E-state index in [1.165, 1.54) is 12.1 Å². The molecule has 2 unspecified atom stereocenters. The van der Waals surface area contributed by atoms with Crippen molar-refractivity contribution in [3.8, 4) is 0 Å². The van der Waals surface area contributed by atoms with Gasteiger partial charge in [0.05, 0.1) is 6.54 Å². The summed E-state index contributed by atoms with van der Waals surface area (Å²) in [5.74, 6) is 0.0665. The molecule has 0 bridgehead atoms. The molecule has 1 aliphatic rings. The second-order valence-electron chi connectivity index (χ2n) is 5.10. The molecule has 1 aromatic heterocycles. The second kappa shape index (κ2) is 5.32. The molecule has 2 aromatic rings. The van der Waals surface area contributed by atoms with Gasteiger partial charge in [0.15, 0.2) is 0 Å². The average Bonchev–Trinajstić information content (AvgIpc) is 3.13. The van der Waals surface area contributed by atoms with E-state index in [1.807, 2.05) is 12.3 Å². The van der Waals surface area contributed by atoms with Gasteiger partial charge in [0.25, 0.3) is 0 Å². The lowest BCUT2D eigenvalue weighted by atomic mass is 10.1. The van der Waals surface area contributed by atoms with E-state index in [2.05, 4.69) is 10.3 Å². The van der Waals surface area contributed by atoms with Crippen molar-refractivity contribution in [2.75, 3.05) is 0 Å². The molecule has 5 heteroatoms. The summed E-state index contributed by atoms with van der Waals surface area (Å²) in [5.41, 5.74) is 2.02.